The highest BCUT2D eigenvalue weighted by atomic mass is 16.5. The van der Waals surface area contributed by atoms with Crippen LogP contribution < -0.4 is 14.8 Å². The quantitative estimate of drug-likeness (QED) is 0.857. The number of carbonyl (C=O) groups excluding carboxylic acids is 1. The second kappa shape index (κ2) is 6.65. The number of benzene rings is 1. The van der Waals surface area contributed by atoms with Crippen molar-refractivity contribution in [2.75, 3.05) is 26.6 Å². The summed E-state index contributed by atoms with van der Waals surface area (Å²) in [4.78, 5) is 23.9. The first-order chi connectivity index (χ1) is 9.40. The van der Waals surface area contributed by atoms with Gasteiger partial charge < -0.3 is 24.8 Å². The van der Waals surface area contributed by atoms with Crippen LogP contribution in [0.4, 0.5) is 10.5 Å². The molecular weight excluding hydrogens is 264 g/mol. The number of carboxylic acids is 1. The Labute approximate surface area is 117 Å². The zero-order chi connectivity index (χ0) is 15.3. The van der Waals surface area contributed by atoms with Crippen LogP contribution in [0, 0.1) is 0 Å². The molecule has 0 saturated carbocycles. The maximum atomic E-state index is 12.0. The fourth-order valence-electron chi connectivity index (χ4n) is 1.46. The molecule has 7 heteroatoms. The highest BCUT2D eigenvalue weighted by Gasteiger charge is 2.22. The van der Waals surface area contributed by atoms with Crippen LogP contribution in [0.3, 0.4) is 0 Å². The average molecular weight is 282 g/mol. The van der Waals surface area contributed by atoms with Crippen molar-refractivity contribution < 1.29 is 24.2 Å². The fraction of sp³-hybridized carbons (Fsp3) is 0.385. The third-order valence-electron chi connectivity index (χ3n) is 2.91. The van der Waals surface area contributed by atoms with Crippen LogP contribution in [-0.2, 0) is 4.79 Å². The minimum Gasteiger partial charge on any atom is -0.497 e. The zero-order valence-electron chi connectivity index (χ0n) is 11.8. The van der Waals surface area contributed by atoms with Crippen LogP contribution >= 0.6 is 0 Å². The lowest BCUT2D eigenvalue weighted by molar-refractivity contribution is -0.141. The first-order valence-corrected chi connectivity index (χ1v) is 5.89. The molecule has 7 nitrogen and oxygen atoms in total. The summed E-state index contributed by atoms with van der Waals surface area (Å²) in [6, 6.07) is 3.45. The van der Waals surface area contributed by atoms with Gasteiger partial charge in [0.25, 0.3) is 0 Å². The van der Waals surface area contributed by atoms with Crippen molar-refractivity contribution in [3.05, 3.63) is 18.2 Å². The van der Waals surface area contributed by atoms with Gasteiger partial charge in [-0.05, 0) is 19.1 Å². The van der Waals surface area contributed by atoms with Crippen LogP contribution in [0.2, 0.25) is 0 Å². The number of rotatable bonds is 5. The van der Waals surface area contributed by atoms with E-state index < -0.39 is 18.0 Å². The molecule has 1 unspecified atom stereocenters. The summed E-state index contributed by atoms with van der Waals surface area (Å²) in [5, 5.41) is 11.5. The second-order valence-electron chi connectivity index (χ2n) is 4.12. The first kappa shape index (κ1) is 15.6. The molecule has 0 aliphatic carbocycles. The second-order valence-corrected chi connectivity index (χ2v) is 4.12. The monoisotopic (exact) mass is 282 g/mol. The molecule has 20 heavy (non-hydrogen) atoms. The largest absolute Gasteiger partial charge is 0.497 e. The summed E-state index contributed by atoms with van der Waals surface area (Å²) in [7, 11) is 4.38. The Bertz CT molecular complexity index is 504. The lowest BCUT2D eigenvalue weighted by Gasteiger charge is -2.22. The molecule has 0 bridgehead atoms. The number of hydrogen-bond acceptors (Lipinski definition) is 4. The van der Waals surface area contributed by atoms with E-state index in [1.54, 1.807) is 18.2 Å². The Balaban J connectivity index is 2.91. The Morgan fingerprint density at radius 3 is 2.45 bits per heavy atom. The standard InChI is InChI=1S/C13H18N2O5/c1-8(12(16)17)15(2)13(18)14-10-7-9(19-3)5-6-11(10)20-4/h5-8H,1-4H3,(H,14,18)(H,16,17). The van der Waals surface area contributed by atoms with Gasteiger partial charge in [-0.1, -0.05) is 0 Å². The predicted molar refractivity (Wildman–Crippen MR) is 73.4 cm³/mol. The molecule has 1 atom stereocenters. The van der Waals surface area contributed by atoms with E-state index in [1.807, 2.05) is 0 Å². The van der Waals surface area contributed by atoms with Gasteiger partial charge in [-0.25, -0.2) is 9.59 Å². The van der Waals surface area contributed by atoms with Crippen LogP contribution in [0.25, 0.3) is 0 Å². The third-order valence-corrected chi connectivity index (χ3v) is 2.91. The van der Waals surface area contributed by atoms with Gasteiger partial charge in [0.1, 0.15) is 17.5 Å². The number of aliphatic carboxylic acids is 1. The summed E-state index contributed by atoms with van der Waals surface area (Å²) < 4.78 is 10.2. The highest BCUT2D eigenvalue weighted by Crippen LogP contribution is 2.29. The number of likely N-dealkylation sites (N-methyl/N-ethyl adjacent to an activating group) is 1. The number of carbonyl (C=O) groups is 2. The number of nitrogens with zero attached hydrogens (tertiary/aromatic N) is 1. The van der Waals surface area contributed by atoms with E-state index in [0.29, 0.717) is 17.2 Å². The van der Waals surface area contributed by atoms with Crippen LogP contribution in [-0.4, -0.2) is 49.3 Å². The number of ether oxygens (including phenoxy) is 2. The van der Waals surface area contributed by atoms with Gasteiger partial charge in [0.05, 0.1) is 19.9 Å². The van der Waals surface area contributed by atoms with Crippen molar-refractivity contribution in [2.45, 2.75) is 13.0 Å². The molecule has 1 rings (SSSR count). The van der Waals surface area contributed by atoms with E-state index in [1.165, 1.54) is 28.2 Å². The SMILES string of the molecule is COc1ccc(OC)c(NC(=O)N(C)C(C)C(=O)O)c1. The third kappa shape index (κ3) is 3.53. The molecule has 0 aromatic heterocycles. The summed E-state index contributed by atoms with van der Waals surface area (Å²) >= 11 is 0. The van der Waals surface area contributed by atoms with E-state index in [0.717, 1.165) is 4.90 Å². The lowest BCUT2D eigenvalue weighted by atomic mass is 10.2. The van der Waals surface area contributed by atoms with Crippen molar-refractivity contribution in [1.82, 2.24) is 4.90 Å². The highest BCUT2D eigenvalue weighted by molar-refractivity contribution is 5.93. The van der Waals surface area contributed by atoms with Gasteiger partial charge in [-0.15, -0.1) is 0 Å². The van der Waals surface area contributed by atoms with Crippen LogP contribution in [0.1, 0.15) is 6.92 Å². The fourth-order valence-corrected chi connectivity index (χ4v) is 1.46. The molecule has 1 aromatic carbocycles. The average Bonchev–Trinajstić information content (AvgIpc) is 2.45. The summed E-state index contributed by atoms with van der Waals surface area (Å²) in [5.41, 5.74) is 0.404. The Morgan fingerprint density at radius 2 is 1.95 bits per heavy atom. The van der Waals surface area contributed by atoms with Gasteiger partial charge in [-0.3, -0.25) is 0 Å². The lowest BCUT2D eigenvalue weighted by Crippen LogP contribution is -2.42. The minimum absolute atomic E-state index is 0.404. The molecule has 0 spiro atoms. The maximum absolute atomic E-state index is 12.0. The minimum atomic E-state index is -1.08. The van der Waals surface area contributed by atoms with Gasteiger partial charge in [0.2, 0.25) is 0 Å². The Kier molecular flexibility index (Phi) is 5.19. The van der Waals surface area contributed by atoms with Crippen LogP contribution in [0.5, 0.6) is 11.5 Å². The van der Waals surface area contributed by atoms with E-state index >= 15 is 0 Å². The maximum Gasteiger partial charge on any atom is 0.326 e. The van der Waals surface area contributed by atoms with E-state index in [9.17, 15) is 9.59 Å². The molecule has 0 radical (unpaired) electrons. The molecule has 0 saturated heterocycles. The Morgan fingerprint density at radius 1 is 1.30 bits per heavy atom. The molecule has 2 N–H and O–H groups in total. The molecule has 0 aliphatic rings. The molecule has 0 fully saturated rings. The van der Waals surface area contributed by atoms with Crippen molar-refractivity contribution in [1.29, 1.82) is 0 Å². The zero-order valence-corrected chi connectivity index (χ0v) is 11.8. The van der Waals surface area contributed by atoms with E-state index in [4.69, 9.17) is 14.6 Å². The van der Waals surface area contributed by atoms with Gasteiger partial charge in [0.15, 0.2) is 0 Å². The van der Waals surface area contributed by atoms with Gasteiger partial charge >= 0.3 is 12.0 Å². The predicted octanol–water partition coefficient (Wildman–Crippen LogP) is 1.64. The first-order valence-electron chi connectivity index (χ1n) is 5.89. The molecule has 110 valence electrons. The van der Waals surface area contributed by atoms with E-state index in [-0.39, 0.29) is 0 Å². The number of methoxy groups -OCH3 is 2. The molecular formula is C13H18N2O5. The summed E-state index contributed by atoms with van der Waals surface area (Å²) in [6.45, 7) is 1.42. The molecule has 0 heterocycles. The summed E-state index contributed by atoms with van der Waals surface area (Å²) in [5.74, 6) is -0.0779. The van der Waals surface area contributed by atoms with Crippen molar-refractivity contribution in [2.24, 2.45) is 0 Å². The number of nitrogens with one attached hydrogen (secondary N) is 1. The number of carboxylic acid groups (broad SMARTS) is 1. The number of urea groups is 1. The Hall–Kier alpha value is -2.44. The van der Waals surface area contributed by atoms with Crippen LogP contribution in [0.15, 0.2) is 18.2 Å². The van der Waals surface area contributed by atoms with Crippen molar-refractivity contribution in [3.8, 4) is 11.5 Å². The topological polar surface area (TPSA) is 88.1 Å². The van der Waals surface area contributed by atoms with Gasteiger partial charge in [0, 0.05) is 13.1 Å². The van der Waals surface area contributed by atoms with Gasteiger partial charge in [-0.2, -0.15) is 0 Å². The molecule has 0 aliphatic heterocycles. The number of anilines is 1. The van der Waals surface area contributed by atoms with Crippen molar-refractivity contribution in [3.63, 3.8) is 0 Å². The summed E-state index contributed by atoms with van der Waals surface area (Å²) in [6.07, 6.45) is 0. The number of amides is 2. The molecule has 1 aromatic rings. The normalized spacial score (nSPS) is 11.4. The number of hydrogen-bond donors (Lipinski definition) is 2. The molecule has 2 amide bonds. The van der Waals surface area contributed by atoms with E-state index in [2.05, 4.69) is 5.32 Å². The smallest absolute Gasteiger partial charge is 0.326 e. The van der Waals surface area contributed by atoms with Crippen molar-refractivity contribution >= 4 is 17.7 Å².